The van der Waals surface area contributed by atoms with E-state index < -0.39 is 0 Å². The molecule has 6 unspecified atom stereocenters. The molecular formula is C32H64. The molecule has 0 saturated heterocycles. The molecule has 0 nitrogen and oxygen atoms in total. The molecule has 1 rings (SSSR count). The second-order valence-electron chi connectivity index (χ2n) is 12.0. The molecule has 32 heavy (non-hydrogen) atoms. The molecule has 6 atom stereocenters. The van der Waals surface area contributed by atoms with Crippen molar-refractivity contribution in [2.24, 2.45) is 35.0 Å². The fraction of sp³-hybridized carbons (Fsp3) is 1.00. The van der Waals surface area contributed by atoms with Gasteiger partial charge in [-0.05, 0) is 60.7 Å². The van der Waals surface area contributed by atoms with Crippen molar-refractivity contribution >= 4 is 0 Å². The van der Waals surface area contributed by atoms with Crippen LogP contribution in [0.5, 0.6) is 0 Å². The molecule has 0 N–H and O–H groups in total. The van der Waals surface area contributed by atoms with Gasteiger partial charge in [0, 0.05) is 0 Å². The van der Waals surface area contributed by atoms with Crippen LogP contribution in [0.1, 0.15) is 170 Å². The molecule has 0 spiro atoms. The summed E-state index contributed by atoms with van der Waals surface area (Å²) in [4.78, 5) is 0. The first-order valence-electron chi connectivity index (χ1n) is 15.5. The third-order valence-corrected chi connectivity index (χ3v) is 9.52. The molecule has 0 aromatic carbocycles. The molecule has 1 fully saturated rings. The molecule has 0 bridgehead atoms. The maximum atomic E-state index is 2.52. The smallest absolute Gasteiger partial charge is 0.0207 e. The first-order chi connectivity index (χ1) is 15.5. The summed E-state index contributed by atoms with van der Waals surface area (Å²) in [7, 11) is 0. The van der Waals surface area contributed by atoms with Gasteiger partial charge in [-0.25, -0.2) is 0 Å². The van der Waals surface area contributed by atoms with Crippen molar-refractivity contribution in [3.63, 3.8) is 0 Å². The number of rotatable bonds is 22. The first-order valence-corrected chi connectivity index (χ1v) is 15.5. The first kappa shape index (κ1) is 30.0. The van der Waals surface area contributed by atoms with Crippen molar-refractivity contribution in [2.75, 3.05) is 0 Å². The van der Waals surface area contributed by atoms with Gasteiger partial charge in [0.25, 0.3) is 0 Å². The Morgan fingerprint density at radius 2 is 1.06 bits per heavy atom. The molecule has 1 saturated carbocycles. The van der Waals surface area contributed by atoms with Crippen LogP contribution in [-0.4, -0.2) is 0 Å². The van der Waals surface area contributed by atoms with Crippen LogP contribution < -0.4 is 0 Å². The zero-order valence-corrected chi connectivity index (χ0v) is 23.8. The Hall–Kier alpha value is 0. The summed E-state index contributed by atoms with van der Waals surface area (Å²) in [5.74, 6) is 5.00. The van der Waals surface area contributed by atoms with Crippen LogP contribution in [0.2, 0.25) is 0 Å². The van der Waals surface area contributed by atoms with E-state index in [-0.39, 0.29) is 0 Å². The fourth-order valence-electron chi connectivity index (χ4n) is 7.29. The minimum Gasteiger partial charge on any atom is -0.0654 e. The van der Waals surface area contributed by atoms with Gasteiger partial charge in [0.15, 0.2) is 0 Å². The van der Waals surface area contributed by atoms with Crippen LogP contribution in [0.3, 0.4) is 0 Å². The molecule has 0 heterocycles. The van der Waals surface area contributed by atoms with Crippen molar-refractivity contribution in [3.05, 3.63) is 0 Å². The zero-order chi connectivity index (χ0) is 23.8. The van der Waals surface area contributed by atoms with Gasteiger partial charge >= 0.3 is 0 Å². The van der Waals surface area contributed by atoms with Gasteiger partial charge in [0.05, 0.1) is 0 Å². The summed E-state index contributed by atoms with van der Waals surface area (Å²) in [5, 5.41) is 0. The van der Waals surface area contributed by atoms with E-state index in [0.717, 1.165) is 35.0 Å². The van der Waals surface area contributed by atoms with Crippen LogP contribution in [0.4, 0.5) is 0 Å². The van der Waals surface area contributed by atoms with Gasteiger partial charge in [-0.1, -0.05) is 145 Å². The normalized spacial score (nSPS) is 25.6. The number of hydrogen-bond acceptors (Lipinski definition) is 0. The lowest BCUT2D eigenvalue weighted by molar-refractivity contribution is 0.207. The largest absolute Gasteiger partial charge is 0.0654 e. The van der Waals surface area contributed by atoms with E-state index in [4.69, 9.17) is 0 Å². The van der Waals surface area contributed by atoms with Gasteiger partial charge in [-0.2, -0.15) is 0 Å². The maximum Gasteiger partial charge on any atom is -0.0207 e. The fourth-order valence-corrected chi connectivity index (χ4v) is 7.29. The van der Waals surface area contributed by atoms with Gasteiger partial charge < -0.3 is 0 Å². The molecular weight excluding hydrogens is 384 g/mol. The van der Waals surface area contributed by atoms with E-state index >= 15 is 0 Å². The van der Waals surface area contributed by atoms with Crippen molar-refractivity contribution in [3.8, 4) is 0 Å². The van der Waals surface area contributed by atoms with E-state index in [1.54, 1.807) is 6.42 Å². The van der Waals surface area contributed by atoms with Crippen molar-refractivity contribution in [1.29, 1.82) is 0 Å². The highest BCUT2D eigenvalue weighted by atomic mass is 14.7. The Bertz CT molecular complexity index is 426. The van der Waals surface area contributed by atoms with Crippen LogP contribution in [0, 0.1) is 35.0 Å². The predicted molar refractivity (Wildman–Crippen MR) is 147 cm³/mol. The molecule has 0 aromatic rings. The van der Waals surface area contributed by atoms with Crippen molar-refractivity contribution in [2.45, 2.75) is 170 Å². The lowest BCUT2D eigenvalue weighted by Crippen LogP contribution is -2.20. The Morgan fingerprint density at radius 1 is 0.531 bits per heavy atom. The van der Waals surface area contributed by atoms with E-state index in [1.165, 1.54) is 116 Å². The lowest BCUT2D eigenvalue weighted by Gasteiger charge is -2.29. The molecule has 1 aliphatic rings. The lowest BCUT2D eigenvalue weighted by atomic mass is 9.76. The third kappa shape index (κ3) is 9.70. The van der Waals surface area contributed by atoms with E-state index in [0.29, 0.717) is 0 Å². The van der Waals surface area contributed by atoms with Gasteiger partial charge in [-0.3, -0.25) is 0 Å². The monoisotopic (exact) mass is 449 g/mol. The standard InChI is InChI=1S/C32H64/c1-8-13-15-23-29(12-5)32(26-10-3)30(24-14-9-2)31(32)25-19-18-22-28(7)21-17-16-20-27(6)11-4/h27-31H,8-26H2,1-7H3. The molecule has 0 amide bonds. The summed E-state index contributed by atoms with van der Waals surface area (Å²) < 4.78 is 0. The number of hydrogen-bond donors (Lipinski definition) is 0. The van der Waals surface area contributed by atoms with Gasteiger partial charge in [-0.15, -0.1) is 0 Å². The highest BCUT2D eigenvalue weighted by Crippen LogP contribution is 2.70. The van der Waals surface area contributed by atoms with Crippen LogP contribution in [-0.2, 0) is 0 Å². The highest BCUT2D eigenvalue weighted by Gasteiger charge is 2.64. The minimum absolute atomic E-state index is 0.730. The quantitative estimate of drug-likeness (QED) is 0.144. The Morgan fingerprint density at radius 3 is 1.59 bits per heavy atom. The average molecular weight is 449 g/mol. The molecule has 0 aromatic heterocycles. The summed E-state index contributed by atoms with van der Waals surface area (Å²) in [6.07, 6.45) is 27.7. The van der Waals surface area contributed by atoms with Gasteiger partial charge in [0.1, 0.15) is 0 Å². The second kappa shape index (κ2) is 17.4. The number of unbranched alkanes of at least 4 members (excludes halogenated alkanes) is 5. The third-order valence-electron chi connectivity index (χ3n) is 9.52. The molecule has 0 heteroatoms. The topological polar surface area (TPSA) is 0 Å². The summed E-state index contributed by atoms with van der Waals surface area (Å²) in [5.41, 5.74) is 0.730. The highest BCUT2D eigenvalue weighted by molar-refractivity contribution is 5.12. The zero-order valence-electron chi connectivity index (χ0n) is 23.8. The Labute approximate surface area is 205 Å². The molecule has 192 valence electrons. The Balaban J connectivity index is 2.50. The second-order valence-corrected chi connectivity index (χ2v) is 12.0. The van der Waals surface area contributed by atoms with Crippen LogP contribution >= 0.6 is 0 Å². The molecule has 0 aliphatic heterocycles. The predicted octanol–water partition coefficient (Wildman–Crippen LogP) is 11.6. The summed E-state index contributed by atoms with van der Waals surface area (Å²) in [6, 6.07) is 0. The summed E-state index contributed by atoms with van der Waals surface area (Å²) in [6.45, 7) is 17.0. The maximum absolute atomic E-state index is 2.52. The van der Waals surface area contributed by atoms with E-state index in [2.05, 4.69) is 48.5 Å². The summed E-state index contributed by atoms with van der Waals surface area (Å²) >= 11 is 0. The minimum atomic E-state index is 0.730. The van der Waals surface area contributed by atoms with E-state index in [1.807, 2.05) is 0 Å². The van der Waals surface area contributed by atoms with Crippen molar-refractivity contribution in [1.82, 2.24) is 0 Å². The van der Waals surface area contributed by atoms with Crippen LogP contribution in [0.25, 0.3) is 0 Å². The average Bonchev–Trinajstić information content (AvgIpc) is 3.41. The SMILES string of the molecule is CCCCCC(CC)C1(CCC)C(CCCC)C1CCCCC(C)CCCCC(C)CC. The Kier molecular flexibility index (Phi) is 16.4. The molecule has 0 radical (unpaired) electrons. The molecule has 1 aliphatic carbocycles. The van der Waals surface area contributed by atoms with Crippen molar-refractivity contribution < 1.29 is 0 Å². The van der Waals surface area contributed by atoms with Gasteiger partial charge in [0.2, 0.25) is 0 Å². The van der Waals surface area contributed by atoms with E-state index in [9.17, 15) is 0 Å². The van der Waals surface area contributed by atoms with Crippen LogP contribution in [0.15, 0.2) is 0 Å².